The summed E-state index contributed by atoms with van der Waals surface area (Å²) in [6, 6.07) is 9.35. The lowest BCUT2D eigenvalue weighted by molar-refractivity contribution is -0.120. The van der Waals surface area contributed by atoms with Crippen molar-refractivity contribution < 1.29 is 23.9 Å². The molecule has 0 bridgehead atoms. The van der Waals surface area contributed by atoms with Crippen molar-refractivity contribution in [3.05, 3.63) is 63.3 Å². The van der Waals surface area contributed by atoms with Crippen molar-refractivity contribution in [1.29, 1.82) is 0 Å². The zero-order valence-electron chi connectivity index (χ0n) is 15.7. The minimum absolute atomic E-state index is 0.0577. The van der Waals surface area contributed by atoms with E-state index < -0.39 is 17.8 Å². The van der Waals surface area contributed by atoms with Crippen LogP contribution in [0.1, 0.15) is 15.9 Å². The molecule has 0 spiro atoms. The molecule has 29 heavy (non-hydrogen) atoms. The van der Waals surface area contributed by atoms with Crippen LogP contribution in [0.15, 0.2) is 47.1 Å². The Hall–Kier alpha value is -3.03. The van der Waals surface area contributed by atoms with Gasteiger partial charge >= 0.3 is 5.97 Å². The molecule has 0 fully saturated rings. The Morgan fingerprint density at radius 1 is 1.07 bits per heavy atom. The van der Waals surface area contributed by atoms with Crippen molar-refractivity contribution >= 4 is 52.4 Å². The Balaban J connectivity index is 2.01. The van der Waals surface area contributed by atoms with Crippen LogP contribution < -0.4 is 15.0 Å². The van der Waals surface area contributed by atoms with Gasteiger partial charge in [-0.2, -0.15) is 0 Å². The molecule has 0 atom stereocenters. The average Bonchev–Trinajstić information content (AvgIpc) is 2.93. The van der Waals surface area contributed by atoms with Gasteiger partial charge in [0.2, 0.25) is 0 Å². The molecule has 2 amide bonds. The van der Waals surface area contributed by atoms with Crippen LogP contribution in [0, 0.1) is 6.92 Å². The smallest absolute Gasteiger partial charge is 0.339 e. The fourth-order valence-electron chi connectivity index (χ4n) is 2.85. The van der Waals surface area contributed by atoms with Crippen molar-refractivity contribution in [3.63, 3.8) is 0 Å². The first-order valence-electron chi connectivity index (χ1n) is 8.37. The number of ether oxygens (including phenoxy) is 2. The van der Waals surface area contributed by atoms with E-state index in [-0.39, 0.29) is 22.0 Å². The Bertz CT molecular complexity index is 1060. The number of para-hydroxylation sites is 1. The molecule has 0 radical (unpaired) electrons. The first-order chi connectivity index (χ1) is 13.8. The maximum Gasteiger partial charge on any atom is 0.339 e. The molecule has 2 aromatic rings. The van der Waals surface area contributed by atoms with Crippen LogP contribution in [0.25, 0.3) is 0 Å². The number of anilines is 2. The average molecular weight is 435 g/mol. The van der Waals surface area contributed by atoms with Gasteiger partial charge in [0.1, 0.15) is 16.5 Å². The molecule has 0 aromatic heterocycles. The van der Waals surface area contributed by atoms with Crippen LogP contribution in [-0.2, 0) is 14.3 Å². The number of hydrogen-bond donors (Lipinski definition) is 1. The zero-order valence-corrected chi connectivity index (χ0v) is 17.2. The first kappa shape index (κ1) is 20.7. The topological polar surface area (TPSA) is 84.9 Å². The van der Waals surface area contributed by atoms with Crippen LogP contribution in [0.3, 0.4) is 0 Å². The Labute approximate surface area is 176 Å². The van der Waals surface area contributed by atoms with Crippen molar-refractivity contribution in [2.75, 3.05) is 24.4 Å². The third-order valence-electron chi connectivity index (χ3n) is 4.32. The van der Waals surface area contributed by atoms with E-state index >= 15 is 0 Å². The molecule has 1 aliphatic rings. The van der Waals surface area contributed by atoms with Crippen molar-refractivity contribution in [3.8, 4) is 5.75 Å². The van der Waals surface area contributed by atoms with E-state index in [9.17, 15) is 14.4 Å². The number of aryl methyl sites for hydroxylation is 1. The minimum Gasteiger partial charge on any atom is -0.495 e. The Morgan fingerprint density at radius 3 is 2.41 bits per heavy atom. The fraction of sp³-hybridized carbons (Fsp3) is 0.150. The van der Waals surface area contributed by atoms with Crippen LogP contribution in [0.4, 0.5) is 11.4 Å². The number of esters is 1. The maximum absolute atomic E-state index is 13.0. The number of rotatable bonds is 5. The molecular formula is C20H16Cl2N2O5. The molecule has 150 valence electrons. The van der Waals surface area contributed by atoms with Crippen LogP contribution >= 0.6 is 23.2 Å². The van der Waals surface area contributed by atoms with E-state index in [2.05, 4.69) is 5.32 Å². The predicted molar refractivity (Wildman–Crippen MR) is 110 cm³/mol. The second-order valence-corrected chi connectivity index (χ2v) is 6.86. The molecule has 1 N–H and O–H groups in total. The van der Waals surface area contributed by atoms with E-state index in [4.69, 9.17) is 32.7 Å². The number of hydrogen-bond acceptors (Lipinski definition) is 6. The van der Waals surface area contributed by atoms with Crippen LogP contribution in [0.5, 0.6) is 5.75 Å². The van der Waals surface area contributed by atoms with E-state index in [1.165, 1.54) is 26.4 Å². The summed E-state index contributed by atoms with van der Waals surface area (Å²) in [4.78, 5) is 38.6. The minimum atomic E-state index is -0.764. The lowest BCUT2D eigenvalue weighted by Gasteiger charge is -2.18. The number of nitrogens with zero attached hydrogens (tertiary/aromatic N) is 1. The van der Waals surface area contributed by atoms with Gasteiger partial charge in [0.25, 0.3) is 11.8 Å². The van der Waals surface area contributed by atoms with Gasteiger partial charge in [-0.1, -0.05) is 35.3 Å². The van der Waals surface area contributed by atoms with Gasteiger partial charge in [0.05, 0.1) is 31.2 Å². The summed E-state index contributed by atoms with van der Waals surface area (Å²) in [7, 11) is 2.66. The number of amides is 2. The quantitative estimate of drug-likeness (QED) is 0.567. The molecule has 2 aromatic carbocycles. The number of halogens is 2. The molecule has 0 aliphatic carbocycles. The molecule has 3 rings (SSSR count). The molecule has 0 saturated carbocycles. The fourth-order valence-corrected chi connectivity index (χ4v) is 3.21. The van der Waals surface area contributed by atoms with Crippen LogP contribution in [0.2, 0.25) is 5.02 Å². The third-order valence-corrected chi connectivity index (χ3v) is 5.08. The van der Waals surface area contributed by atoms with Gasteiger partial charge in [-0.05, 0) is 30.7 Å². The normalized spacial score (nSPS) is 13.8. The van der Waals surface area contributed by atoms with Crippen molar-refractivity contribution in [1.82, 2.24) is 0 Å². The second-order valence-electron chi connectivity index (χ2n) is 6.07. The second kappa shape index (κ2) is 8.14. The highest BCUT2D eigenvalue weighted by molar-refractivity contribution is 6.53. The largest absolute Gasteiger partial charge is 0.495 e. The number of imide groups is 1. The zero-order chi connectivity index (χ0) is 21.3. The number of nitrogens with one attached hydrogen (secondary N) is 1. The summed E-state index contributed by atoms with van der Waals surface area (Å²) in [6.45, 7) is 1.78. The number of benzene rings is 2. The Morgan fingerprint density at radius 2 is 1.76 bits per heavy atom. The lowest BCUT2D eigenvalue weighted by atomic mass is 10.1. The summed E-state index contributed by atoms with van der Waals surface area (Å²) < 4.78 is 10.0. The van der Waals surface area contributed by atoms with Crippen molar-refractivity contribution in [2.24, 2.45) is 0 Å². The third kappa shape index (κ3) is 3.66. The van der Waals surface area contributed by atoms with Gasteiger partial charge < -0.3 is 14.8 Å². The SMILES string of the molecule is COC(=O)c1ccccc1N1C(=O)C(Cl)=C(Nc2cc(C)c(Cl)cc2OC)C1=O. The molecular weight excluding hydrogens is 419 g/mol. The highest BCUT2D eigenvalue weighted by Gasteiger charge is 2.40. The number of methoxy groups -OCH3 is 2. The summed E-state index contributed by atoms with van der Waals surface area (Å²) in [5.74, 6) is -1.80. The molecule has 7 nitrogen and oxygen atoms in total. The highest BCUT2D eigenvalue weighted by atomic mass is 35.5. The van der Waals surface area contributed by atoms with Gasteiger partial charge in [-0.3, -0.25) is 9.59 Å². The first-order valence-corrected chi connectivity index (χ1v) is 9.12. The molecule has 0 unspecified atom stereocenters. The lowest BCUT2D eigenvalue weighted by Crippen LogP contribution is -2.33. The Kier molecular flexibility index (Phi) is 5.81. The number of carbonyl (C=O) groups excluding carboxylic acids is 3. The molecule has 9 heteroatoms. The summed E-state index contributed by atoms with van der Waals surface area (Å²) in [5, 5.41) is 3.02. The summed E-state index contributed by atoms with van der Waals surface area (Å²) >= 11 is 12.3. The van der Waals surface area contributed by atoms with Crippen molar-refractivity contribution in [2.45, 2.75) is 6.92 Å². The molecule has 1 heterocycles. The van der Waals surface area contributed by atoms with E-state index in [1.54, 1.807) is 31.2 Å². The van der Waals surface area contributed by atoms with Crippen LogP contribution in [-0.4, -0.2) is 32.0 Å². The van der Waals surface area contributed by atoms with Gasteiger partial charge in [-0.15, -0.1) is 0 Å². The monoisotopic (exact) mass is 434 g/mol. The standard InChI is InChI=1S/C20H16Cl2N2O5/c1-10-8-13(15(28-2)9-12(10)21)23-17-16(22)18(25)24(19(17)26)14-7-5-4-6-11(14)20(27)29-3/h4-9,23H,1-3H3. The van der Waals surface area contributed by atoms with E-state index in [0.29, 0.717) is 16.5 Å². The number of carbonyl (C=O) groups is 3. The maximum atomic E-state index is 13.0. The summed E-state index contributed by atoms with van der Waals surface area (Å²) in [6.07, 6.45) is 0. The van der Waals surface area contributed by atoms with E-state index in [0.717, 1.165) is 10.5 Å². The van der Waals surface area contributed by atoms with Gasteiger partial charge in [0.15, 0.2) is 0 Å². The predicted octanol–water partition coefficient (Wildman–Crippen LogP) is 3.88. The van der Waals surface area contributed by atoms with Gasteiger partial charge in [-0.25, -0.2) is 9.69 Å². The molecule has 1 aliphatic heterocycles. The van der Waals surface area contributed by atoms with Gasteiger partial charge in [0, 0.05) is 11.1 Å². The summed E-state index contributed by atoms with van der Waals surface area (Å²) in [5.41, 5.74) is 1.13. The molecule has 0 saturated heterocycles. The highest BCUT2D eigenvalue weighted by Crippen LogP contribution is 2.36. The van der Waals surface area contributed by atoms with E-state index in [1.807, 2.05) is 0 Å².